The van der Waals surface area contributed by atoms with Crippen LogP contribution < -0.4 is 10.1 Å². The highest BCUT2D eigenvalue weighted by Gasteiger charge is 2.22. The van der Waals surface area contributed by atoms with Crippen molar-refractivity contribution in [2.75, 3.05) is 0 Å². The van der Waals surface area contributed by atoms with E-state index in [-0.39, 0.29) is 17.8 Å². The van der Waals surface area contributed by atoms with Crippen LogP contribution in [0.2, 0.25) is 0 Å². The molecule has 2 unspecified atom stereocenters. The molecule has 0 aliphatic heterocycles. The minimum Gasteiger partial charge on any atom is -0.472 e. The van der Waals surface area contributed by atoms with E-state index in [1.54, 1.807) is 12.3 Å². The van der Waals surface area contributed by atoms with E-state index >= 15 is 0 Å². The van der Waals surface area contributed by atoms with Crippen molar-refractivity contribution in [3.05, 3.63) is 23.6 Å². The van der Waals surface area contributed by atoms with Crippen LogP contribution in [-0.4, -0.2) is 17.1 Å². The van der Waals surface area contributed by atoms with E-state index in [1.165, 1.54) is 6.42 Å². The summed E-state index contributed by atoms with van der Waals surface area (Å²) in [5.74, 6) is 0.494. The summed E-state index contributed by atoms with van der Waals surface area (Å²) >= 11 is 0. The van der Waals surface area contributed by atoms with Gasteiger partial charge in [-0.05, 0) is 31.2 Å². The summed E-state index contributed by atoms with van der Waals surface area (Å²) in [7, 11) is 0. The van der Waals surface area contributed by atoms with Gasteiger partial charge in [-0.3, -0.25) is 0 Å². The summed E-state index contributed by atoms with van der Waals surface area (Å²) in [6.07, 6.45) is 6.13. The predicted octanol–water partition coefficient (Wildman–Crippen LogP) is 3.68. The lowest BCUT2D eigenvalue weighted by molar-refractivity contribution is 0.118. The third-order valence-electron chi connectivity index (χ3n) is 3.80. The summed E-state index contributed by atoms with van der Waals surface area (Å²) in [5, 5.41) is 3.22. The van der Waals surface area contributed by atoms with Crippen molar-refractivity contribution in [3.63, 3.8) is 0 Å². The Morgan fingerprint density at radius 2 is 2.25 bits per heavy atom. The Kier molecular flexibility index (Phi) is 5.35. The molecule has 1 N–H and O–H groups in total. The third kappa shape index (κ3) is 4.17. The summed E-state index contributed by atoms with van der Waals surface area (Å²) < 4.78 is 20.1. The zero-order valence-corrected chi connectivity index (χ0v) is 12.7. The molecule has 4 heteroatoms. The van der Waals surface area contributed by atoms with E-state index < -0.39 is 0 Å². The van der Waals surface area contributed by atoms with Gasteiger partial charge in [0.25, 0.3) is 5.88 Å². The van der Waals surface area contributed by atoms with Crippen LogP contribution in [-0.2, 0) is 6.54 Å². The first-order valence-electron chi connectivity index (χ1n) is 7.59. The van der Waals surface area contributed by atoms with Gasteiger partial charge in [0.2, 0.25) is 0 Å². The number of hydrogen-bond donors (Lipinski definition) is 1. The van der Waals surface area contributed by atoms with Crippen LogP contribution in [0.5, 0.6) is 5.88 Å². The average Bonchev–Trinajstić information content (AvgIpc) is 2.40. The van der Waals surface area contributed by atoms with Gasteiger partial charge in [-0.2, -0.15) is 0 Å². The number of nitrogens with one attached hydrogen (secondary N) is 1. The van der Waals surface area contributed by atoms with Crippen LogP contribution in [0.25, 0.3) is 0 Å². The lowest BCUT2D eigenvalue weighted by Gasteiger charge is -2.27. The second kappa shape index (κ2) is 7.02. The minimum atomic E-state index is -0.320. The zero-order chi connectivity index (χ0) is 14.5. The van der Waals surface area contributed by atoms with Crippen molar-refractivity contribution in [1.29, 1.82) is 0 Å². The molecule has 0 amide bonds. The SMILES string of the molecule is CC1CCCC(Oc2nccc(CNC(C)C)c2F)C1. The quantitative estimate of drug-likeness (QED) is 0.893. The van der Waals surface area contributed by atoms with Crippen LogP contribution in [0.4, 0.5) is 4.39 Å². The molecule has 0 saturated heterocycles. The second-order valence-electron chi connectivity index (χ2n) is 6.14. The van der Waals surface area contributed by atoms with Crippen molar-refractivity contribution in [2.24, 2.45) is 5.92 Å². The van der Waals surface area contributed by atoms with Crippen LogP contribution in [0, 0.1) is 11.7 Å². The van der Waals surface area contributed by atoms with Gasteiger partial charge in [0.05, 0.1) is 0 Å². The third-order valence-corrected chi connectivity index (χ3v) is 3.80. The molecule has 1 saturated carbocycles. The van der Waals surface area contributed by atoms with Gasteiger partial charge in [-0.25, -0.2) is 9.37 Å². The van der Waals surface area contributed by atoms with Crippen LogP contribution in [0.3, 0.4) is 0 Å². The summed E-state index contributed by atoms with van der Waals surface area (Å²) in [4.78, 5) is 4.06. The molecule has 1 aliphatic carbocycles. The lowest BCUT2D eigenvalue weighted by Crippen LogP contribution is -2.26. The van der Waals surface area contributed by atoms with Gasteiger partial charge < -0.3 is 10.1 Å². The van der Waals surface area contributed by atoms with E-state index in [9.17, 15) is 4.39 Å². The Balaban J connectivity index is 2.02. The van der Waals surface area contributed by atoms with Crippen LogP contribution in [0.15, 0.2) is 12.3 Å². The van der Waals surface area contributed by atoms with Gasteiger partial charge in [-0.1, -0.05) is 27.2 Å². The smallest absolute Gasteiger partial charge is 0.250 e. The first kappa shape index (κ1) is 15.2. The highest BCUT2D eigenvalue weighted by Crippen LogP contribution is 2.28. The monoisotopic (exact) mass is 280 g/mol. The van der Waals surface area contributed by atoms with Crippen molar-refractivity contribution in [2.45, 2.75) is 65.1 Å². The van der Waals surface area contributed by atoms with Gasteiger partial charge >= 0.3 is 0 Å². The van der Waals surface area contributed by atoms with E-state index in [1.807, 2.05) is 13.8 Å². The van der Waals surface area contributed by atoms with Crippen LogP contribution >= 0.6 is 0 Å². The normalized spacial score (nSPS) is 23.1. The van der Waals surface area contributed by atoms with Gasteiger partial charge in [0.1, 0.15) is 6.10 Å². The predicted molar refractivity (Wildman–Crippen MR) is 78.2 cm³/mol. The largest absolute Gasteiger partial charge is 0.472 e. The molecule has 20 heavy (non-hydrogen) atoms. The van der Waals surface area contributed by atoms with Gasteiger partial charge in [0.15, 0.2) is 5.82 Å². The fourth-order valence-corrected chi connectivity index (χ4v) is 2.64. The standard InChI is InChI=1S/C16H25FN2O/c1-11(2)19-10-13-7-8-18-16(15(13)17)20-14-6-4-5-12(3)9-14/h7-8,11-12,14,19H,4-6,9-10H2,1-3H3. The highest BCUT2D eigenvalue weighted by molar-refractivity contribution is 5.23. The zero-order valence-electron chi connectivity index (χ0n) is 12.7. The summed E-state index contributed by atoms with van der Waals surface area (Å²) in [5.41, 5.74) is 0.618. The molecule has 0 aromatic carbocycles. The maximum absolute atomic E-state index is 14.3. The van der Waals surface area contributed by atoms with E-state index in [4.69, 9.17) is 4.74 Å². The minimum absolute atomic E-state index is 0.106. The first-order valence-corrected chi connectivity index (χ1v) is 7.59. The molecule has 0 bridgehead atoms. The number of halogens is 1. The Hall–Kier alpha value is -1.16. The van der Waals surface area contributed by atoms with Gasteiger partial charge in [0, 0.05) is 24.3 Å². The Morgan fingerprint density at radius 3 is 2.95 bits per heavy atom. The molecular weight excluding hydrogens is 255 g/mol. The van der Waals surface area contributed by atoms with Crippen molar-refractivity contribution in [3.8, 4) is 5.88 Å². The van der Waals surface area contributed by atoms with Crippen molar-refractivity contribution >= 4 is 0 Å². The molecule has 1 fully saturated rings. The average molecular weight is 280 g/mol. The van der Waals surface area contributed by atoms with E-state index in [0.29, 0.717) is 24.1 Å². The van der Waals surface area contributed by atoms with Crippen molar-refractivity contribution < 1.29 is 9.13 Å². The highest BCUT2D eigenvalue weighted by atomic mass is 19.1. The number of nitrogens with zero attached hydrogens (tertiary/aromatic N) is 1. The molecular formula is C16H25FN2O. The van der Waals surface area contributed by atoms with Gasteiger partial charge in [-0.15, -0.1) is 0 Å². The lowest BCUT2D eigenvalue weighted by atomic mass is 9.89. The molecule has 1 aliphatic rings. The number of ether oxygens (including phenoxy) is 1. The number of aromatic nitrogens is 1. The molecule has 0 radical (unpaired) electrons. The number of rotatable bonds is 5. The summed E-state index contributed by atoms with van der Waals surface area (Å²) in [6.45, 7) is 6.81. The Labute approximate surface area is 120 Å². The fraction of sp³-hybridized carbons (Fsp3) is 0.688. The Morgan fingerprint density at radius 1 is 1.45 bits per heavy atom. The first-order chi connectivity index (χ1) is 9.56. The van der Waals surface area contributed by atoms with E-state index in [2.05, 4.69) is 17.2 Å². The molecule has 2 atom stereocenters. The summed E-state index contributed by atoms with van der Waals surface area (Å²) in [6, 6.07) is 2.03. The maximum Gasteiger partial charge on any atom is 0.250 e. The van der Waals surface area contributed by atoms with Crippen LogP contribution in [0.1, 0.15) is 52.0 Å². The van der Waals surface area contributed by atoms with Crippen molar-refractivity contribution in [1.82, 2.24) is 10.3 Å². The maximum atomic E-state index is 14.3. The Bertz CT molecular complexity index is 436. The molecule has 0 spiro atoms. The molecule has 1 heterocycles. The van der Waals surface area contributed by atoms with E-state index in [0.717, 1.165) is 19.3 Å². The molecule has 2 rings (SSSR count). The molecule has 3 nitrogen and oxygen atoms in total. The fourth-order valence-electron chi connectivity index (χ4n) is 2.64. The topological polar surface area (TPSA) is 34.1 Å². The molecule has 1 aromatic rings. The molecule has 1 aromatic heterocycles. The number of pyridine rings is 1. The number of hydrogen-bond acceptors (Lipinski definition) is 3. The molecule has 112 valence electrons. The second-order valence-corrected chi connectivity index (χ2v) is 6.14.